The van der Waals surface area contributed by atoms with Gasteiger partial charge in [-0.05, 0) is 24.1 Å². The molecule has 2 N–H and O–H groups in total. The summed E-state index contributed by atoms with van der Waals surface area (Å²) in [6.07, 6.45) is 3.98. The van der Waals surface area contributed by atoms with Crippen LogP contribution in [0.3, 0.4) is 0 Å². The van der Waals surface area contributed by atoms with Gasteiger partial charge in [-0.2, -0.15) is 0 Å². The van der Waals surface area contributed by atoms with Gasteiger partial charge in [0.1, 0.15) is 11.8 Å². The van der Waals surface area contributed by atoms with E-state index in [1.807, 2.05) is 24.3 Å². The zero-order valence-corrected chi connectivity index (χ0v) is 12.8. The van der Waals surface area contributed by atoms with Crippen LogP contribution in [0.4, 0.5) is 0 Å². The van der Waals surface area contributed by atoms with E-state index >= 15 is 0 Å². The number of methoxy groups -OCH3 is 1. The van der Waals surface area contributed by atoms with E-state index in [9.17, 15) is 9.59 Å². The third-order valence-corrected chi connectivity index (χ3v) is 4.14. The second-order valence-corrected chi connectivity index (χ2v) is 5.59. The van der Waals surface area contributed by atoms with E-state index in [1.165, 1.54) is 4.90 Å². The highest BCUT2D eigenvalue weighted by molar-refractivity contribution is 5.84. The van der Waals surface area contributed by atoms with Gasteiger partial charge in [-0.1, -0.05) is 12.1 Å². The maximum Gasteiger partial charge on any atom is 0.305 e. The summed E-state index contributed by atoms with van der Waals surface area (Å²) in [4.78, 5) is 24.6. The summed E-state index contributed by atoms with van der Waals surface area (Å²) < 4.78 is 5.24. The molecule has 1 saturated heterocycles. The first-order valence-corrected chi connectivity index (χ1v) is 7.47. The number of carboxylic acids is 1. The van der Waals surface area contributed by atoms with E-state index in [-0.39, 0.29) is 31.0 Å². The van der Waals surface area contributed by atoms with E-state index < -0.39 is 5.97 Å². The molecule has 0 radical (unpaired) electrons. The highest BCUT2D eigenvalue weighted by Gasteiger charge is 2.39. The average Bonchev–Trinajstić information content (AvgIpc) is 2.99. The highest BCUT2D eigenvalue weighted by Crippen LogP contribution is 2.32. The molecule has 0 aliphatic carbocycles. The van der Waals surface area contributed by atoms with Crippen molar-refractivity contribution < 1.29 is 19.4 Å². The summed E-state index contributed by atoms with van der Waals surface area (Å²) in [6.45, 7) is 0.193. The fourth-order valence-corrected chi connectivity index (χ4v) is 2.91. The standard InChI is InChI=1S/C16H19N3O4/c1-23-12-4-2-3-11(9-12)13-10-14-16(22)18(6-5-15(20)21)7-8-19(14)17-13/h2-4,7-9,13-14,17H,5-6,10H2,1H3,(H,20,21). The summed E-state index contributed by atoms with van der Waals surface area (Å²) in [6, 6.07) is 7.45. The fourth-order valence-electron chi connectivity index (χ4n) is 2.91. The molecule has 0 aromatic heterocycles. The number of nitrogens with zero attached hydrogens (tertiary/aromatic N) is 2. The van der Waals surface area contributed by atoms with E-state index in [0.29, 0.717) is 6.42 Å². The molecule has 0 bridgehead atoms. The number of hydrogen-bond acceptors (Lipinski definition) is 5. The number of rotatable bonds is 5. The molecule has 2 aliphatic heterocycles. The molecular formula is C16H19N3O4. The van der Waals surface area contributed by atoms with Crippen molar-refractivity contribution in [2.24, 2.45) is 0 Å². The Balaban J connectivity index is 1.71. The number of fused-ring (bicyclic) bond motifs is 1. The molecule has 7 nitrogen and oxygen atoms in total. The van der Waals surface area contributed by atoms with E-state index in [2.05, 4.69) is 5.43 Å². The zero-order valence-electron chi connectivity index (χ0n) is 12.8. The summed E-state index contributed by atoms with van der Waals surface area (Å²) in [5.74, 6) is -0.210. The molecule has 1 amide bonds. The average molecular weight is 317 g/mol. The number of carbonyl (C=O) groups excluding carboxylic acids is 1. The van der Waals surface area contributed by atoms with Crippen molar-refractivity contribution >= 4 is 11.9 Å². The van der Waals surface area contributed by atoms with Crippen molar-refractivity contribution in [3.63, 3.8) is 0 Å². The van der Waals surface area contributed by atoms with Gasteiger partial charge in [-0.3, -0.25) is 9.59 Å². The normalized spacial score (nSPS) is 23.1. The summed E-state index contributed by atoms with van der Waals surface area (Å²) in [5.41, 5.74) is 4.36. The Morgan fingerprint density at radius 3 is 3.00 bits per heavy atom. The minimum Gasteiger partial charge on any atom is -0.497 e. The molecule has 3 rings (SSSR count). The van der Waals surface area contributed by atoms with Crippen molar-refractivity contribution in [2.45, 2.75) is 24.9 Å². The number of carboxylic acid groups (broad SMARTS) is 1. The first-order valence-electron chi connectivity index (χ1n) is 7.47. The number of benzene rings is 1. The van der Waals surface area contributed by atoms with Crippen molar-refractivity contribution in [1.29, 1.82) is 0 Å². The van der Waals surface area contributed by atoms with Gasteiger partial charge >= 0.3 is 5.97 Å². The van der Waals surface area contributed by atoms with Crippen LogP contribution >= 0.6 is 0 Å². The van der Waals surface area contributed by atoms with Crippen molar-refractivity contribution in [3.05, 3.63) is 42.2 Å². The zero-order chi connectivity index (χ0) is 16.4. The highest BCUT2D eigenvalue weighted by atomic mass is 16.5. The quantitative estimate of drug-likeness (QED) is 0.846. The molecule has 0 saturated carbocycles. The molecule has 23 heavy (non-hydrogen) atoms. The van der Waals surface area contributed by atoms with Gasteiger partial charge in [0.25, 0.3) is 5.91 Å². The van der Waals surface area contributed by atoms with Gasteiger partial charge in [-0.25, -0.2) is 5.43 Å². The fraction of sp³-hybridized carbons (Fsp3) is 0.375. The van der Waals surface area contributed by atoms with Crippen LogP contribution in [-0.4, -0.2) is 46.6 Å². The Morgan fingerprint density at radius 1 is 1.43 bits per heavy atom. The van der Waals surface area contributed by atoms with Gasteiger partial charge in [0, 0.05) is 18.9 Å². The van der Waals surface area contributed by atoms with Gasteiger partial charge in [0.15, 0.2) is 0 Å². The summed E-state index contributed by atoms with van der Waals surface area (Å²) >= 11 is 0. The van der Waals surface area contributed by atoms with E-state index in [0.717, 1.165) is 11.3 Å². The molecule has 1 fully saturated rings. The molecule has 7 heteroatoms. The number of hydrogen-bond donors (Lipinski definition) is 2. The monoisotopic (exact) mass is 317 g/mol. The predicted molar refractivity (Wildman–Crippen MR) is 82.2 cm³/mol. The lowest BCUT2D eigenvalue weighted by Gasteiger charge is -2.31. The second kappa shape index (κ2) is 6.29. The minimum atomic E-state index is -0.910. The number of amides is 1. The molecule has 1 aromatic carbocycles. The third kappa shape index (κ3) is 3.14. The largest absolute Gasteiger partial charge is 0.497 e. The first kappa shape index (κ1) is 15.4. The lowest BCUT2D eigenvalue weighted by Crippen LogP contribution is -2.48. The Kier molecular flexibility index (Phi) is 4.20. The first-order chi connectivity index (χ1) is 11.1. The summed E-state index contributed by atoms with van der Waals surface area (Å²) in [7, 11) is 1.62. The lowest BCUT2D eigenvalue weighted by molar-refractivity contribution is -0.139. The summed E-state index contributed by atoms with van der Waals surface area (Å²) in [5, 5.41) is 10.6. The molecule has 2 heterocycles. The maximum absolute atomic E-state index is 12.5. The Bertz CT molecular complexity index is 646. The smallest absolute Gasteiger partial charge is 0.305 e. The third-order valence-electron chi connectivity index (χ3n) is 4.14. The van der Waals surface area contributed by atoms with Crippen molar-refractivity contribution in [3.8, 4) is 5.75 Å². The number of nitrogens with one attached hydrogen (secondary N) is 1. The van der Waals surface area contributed by atoms with E-state index in [1.54, 1.807) is 24.5 Å². The molecule has 2 atom stereocenters. The van der Waals surface area contributed by atoms with Crippen LogP contribution in [0.15, 0.2) is 36.7 Å². The van der Waals surface area contributed by atoms with Crippen LogP contribution in [0.1, 0.15) is 24.4 Å². The second-order valence-electron chi connectivity index (χ2n) is 5.59. The molecule has 1 aromatic rings. The van der Waals surface area contributed by atoms with Gasteiger partial charge in [0.05, 0.1) is 19.6 Å². The topological polar surface area (TPSA) is 82.1 Å². The number of carbonyl (C=O) groups is 2. The van der Waals surface area contributed by atoms with E-state index in [4.69, 9.17) is 9.84 Å². The van der Waals surface area contributed by atoms with Gasteiger partial charge < -0.3 is 19.8 Å². The van der Waals surface area contributed by atoms with Crippen LogP contribution < -0.4 is 10.2 Å². The maximum atomic E-state index is 12.5. The molecule has 122 valence electrons. The Labute approximate surface area is 134 Å². The predicted octanol–water partition coefficient (Wildman–Crippen LogP) is 1.10. The lowest BCUT2D eigenvalue weighted by atomic mass is 10.0. The number of aliphatic carboxylic acids is 1. The molecular weight excluding hydrogens is 298 g/mol. The van der Waals surface area contributed by atoms with Gasteiger partial charge in [0.2, 0.25) is 0 Å². The van der Waals surface area contributed by atoms with Crippen LogP contribution in [-0.2, 0) is 9.59 Å². The molecule has 0 spiro atoms. The van der Waals surface area contributed by atoms with Crippen LogP contribution in [0.5, 0.6) is 5.75 Å². The van der Waals surface area contributed by atoms with Crippen LogP contribution in [0, 0.1) is 0 Å². The SMILES string of the molecule is COc1cccc(C2CC3C(=O)N(CCC(=O)O)C=CN3N2)c1. The number of ether oxygens (including phenoxy) is 1. The van der Waals surface area contributed by atoms with Crippen LogP contribution in [0.2, 0.25) is 0 Å². The molecule has 2 aliphatic rings. The Morgan fingerprint density at radius 2 is 2.26 bits per heavy atom. The van der Waals surface area contributed by atoms with Crippen LogP contribution in [0.25, 0.3) is 0 Å². The Hall–Kier alpha value is -2.54. The van der Waals surface area contributed by atoms with Crippen molar-refractivity contribution in [2.75, 3.05) is 13.7 Å². The van der Waals surface area contributed by atoms with Gasteiger partial charge in [-0.15, -0.1) is 0 Å². The molecule has 2 unspecified atom stereocenters. The minimum absolute atomic E-state index is 0.0168. The van der Waals surface area contributed by atoms with Crippen molar-refractivity contribution in [1.82, 2.24) is 15.3 Å². The number of hydrazine groups is 1.